The Bertz CT molecular complexity index is 727. The van der Waals surface area contributed by atoms with Gasteiger partial charge in [0.1, 0.15) is 11.5 Å². The minimum Gasteiger partial charge on any atom is -0.508 e. The summed E-state index contributed by atoms with van der Waals surface area (Å²) < 4.78 is 5.45. The van der Waals surface area contributed by atoms with Crippen LogP contribution in [0.25, 0.3) is 12.2 Å². The van der Waals surface area contributed by atoms with Gasteiger partial charge in [0, 0.05) is 5.56 Å². The molecule has 2 aromatic carbocycles. The summed E-state index contributed by atoms with van der Waals surface area (Å²) in [6.45, 7) is 7.97. The molecule has 0 aliphatic carbocycles. The molecule has 0 saturated heterocycles. The predicted molar refractivity (Wildman–Crippen MR) is 97.9 cm³/mol. The number of hydrogen-bond acceptors (Lipinski definition) is 2. The minimum atomic E-state index is 0.273. The van der Waals surface area contributed by atoms with Crippen molar-refractivity contribution in [3.63, 3.8) is 0 Å². The first kappa shape index (κ1) is 16.9. The summed E-state index contributed by atoms with van der Waals surface area (Å²) in [5.74, 6) is 0.990. The number of aromatic hydroxyl groups is 1. The molecule has 0 atom stereocenters. The van der Waals surface area contributed by atoms with E-state index >= 15 is 0 Å². The van der Waals surface area contributed by atoms with Gasteiger partial charge in [0.25, 0.3) is 0 Å². The van der Waals surface area contributed by atoms with Crippen molar-refractivity contribution in [3.8, 4) is 11.5 Å². The third-order valence-electron chi connectivity index (χ3n) is 3.74. The van der Waals surface area contributed by atoms with Crippen molar-refractivity contribution >= 4 is 12.2 Å². The van der Waals surface area contributed by atoms with E-state index in [-0.39, 0.29) is 5.75 Å². The topological polar surface area (TPSA) is 29.5 Å². The maximum Gasteiger partial charge on any atom is 0.126 e. The third-order valence-corrected chi connectivity index (χ3v) is 3.74. The zero-order valence-electron chi connectivity index (χ0n) is 14.1. The van der Waals surface area contributed by atoms with Gasteiger partial charge in [0.05, 0.1) is 7.11 Å². The second-order valence-electron chi connectivity index (χ2n) is 5.93. The lowest BCUT2D eigenvalue weighted by atomic mass is 10.0. The molecule has 120 valence electrons. The SMILES string of the molecule is C=C(C)CCc1c(O)cc(/C=C/c2cccc(C)c2)cc1OC. The van der Waals surface area contributed by atoms with Crippen LogP contribution in [0.5, 0.6) is 11.5 Å². The van der Waals surface area contributed by atoms with Gasteiger partial charge >= 0.3 is 0 Å². The zero-order chi connectivity index (χ0) is 16.8. The van der Waals surface area contributed by atoms with Gasteiger partial charge in [-0.2, -0.15) is 0 Å². The average Bonchev–Trinajstić information content (AvgIpc) is 2.51. The first-order chi connectivity index (χ1) is 11.0. The quantitative estimate of drug-likeness (QED) is 0.573. The number of ether oxygens (including phenoxy) is 1. The standard InChI is InChI=1S/C21H24O2/c1-15(2)8-11-19-20(22)13-18(14-21(19)23-4)10-9-17-7-5-6-16(3)12-17/h5-7,9-10,12-14,22H,1,8,11H2,2-4H3/b10-9+. The first-order valence-corrected chi connectivity index (χ1v) is 7.78. The lowest BCUT2D eigenvalue weighted by Gasteiger charge is -2.12. The van der Waals surface area contributed by atoms with Crippen LogP contribution in [0.1, 0.15) is 35.6 Å². The van der Waals surface area contributed by atoms with Crippen LogP contribution in [-0.2, 0) is 6.42 Å². The van der Waals surface area contributed by atoms with Crippen molar-refractivity contribution in [2.24, 2.45) is 0 Å². The van der Waals surface area contributed by atoms with Gasteiger partial charge < -0.3 is 9.84 Å². The smallest absolute Gasteiger partial charge is 0.126 e. The van der Waals surface area contributed by atoms with Gasteiger partial charge in [-0.15, -0.1) is 6.58 Å². The second kappa shape index (κ2) is 7.68. The highest BCUT2D eigenvalue weighted by atomic mass is 16.5. The molecule has 0 radical (unpaired) electrons. The highest BCUT2D eigenvalue weighted by Crippen LogP contribution is 2.32. The van der Waals surface area contributed by atoms with Gasteiger partial charge in [-0.25, -0.2) is 0 Å². The van der Waals surface area contributed by atoms with E-state index in [0.29, 0.717) is 0 Å². The Balaban J connectivity index is 2.26. The lowest BCUT2D eigenvalue weighted by molar-refractivity contribution is 0.399. The number of benzene rings is 2. The Hall–Kier alpha value is -2.48. The summed E-state index contributed by atoms with van der Waals surface area (Å²) >= 11 is 0. The molecule has 0 heterocycles. The van der Waals surface area contributed by atoms with Gasteiger partial charge in [-0.3, -0.25) is 0 Å². The van der Waals surface area contributed by atoms with Gasteiger partial charge in [-0.1, -0.05) is 47.6 Å². The molecule has 1 N–H and O–H groups in total. The maximum absolute atomic E-state index is 10.3. The van der Waals surface area contributed by atoms with Crippen molar-refractivity contribution in [1.82, 2.24) is 0 Å². The molecule has 0 saturated carbocycles. The molecule has 0 amide bonds. The monoisotopic (exact) mass is 308 g/mol. The molecule has 2 heteroatoms. The number of hydrogen-bond donors (Lipinski definition) is 1. The zero-order valence-corrected chi connectivity index (χ0v) is 14.1. The fourth-order valence-corrected chi connectivity index (χ4v) is 2.49. The number of aryl methyl sites for hydroxylation is 1. The Kier molecular flexibility index (Phi) is 5.64. The number of rotatable bonds is 6. The average molecular weight is 308 g/mol. The van der Waals surface area contributed by atoms with Crippen LogP contribution in [0.3, 0.4) is 0 Å². The van der Waals surface area contributed by atoms with Gasteiger partial charge in [0.15, 0.2) is 0 Å². The molecule has 0 aliphatic rings. The molecule has 2 rings (SSSR count). The summed E-state index contributed by atoms with van der Waals surface area (Å²) in [7, 11) is 1.63. The number of methoxy groups -OCH3 is 1. The van der Waals surface area contributed by atoms with E-state index in [1.165, 1.54) is 5.56 Å². The molecular weight excluding hydrogens is 284 g/mol. The molecule has 0 unspecified atom stereocenters. The molecule has 0 spiro atoms. The molecule has 23 heavy (non-hydrogen) atoms. The van der Waals surface area contributed by atoms with Crippen LogP contribution in [0, 0.1) is 6.92 Å². The fraction of sp³-hybridized carbons (Fsp3) is 0.238. The van der Waals surface area contributed by atoms with E-state index in [1.54, 1.807) is 13.2 Å². The van der Waals surface area contributed by atoms with Crippen molar-refractivity contribution < 1.29 is 9.84 Å². The molecular formula is C21H24O2. The highest BCUT2D eigenvalue weighted by Gasteiger charge is 2.10. The summed E-state index contributed by atoms with van der Waals surface area (Å²) in [4.78, 5) is 0. The third kappa shape index (κ3) is 4.75. The van der Waals surface area contributed by atoms with E-state index in [9.17, 15) is 5.11 Å². The Morgan fingerprint density at radius 3 is 2.57 bits per heavy atom. The van der Waals surface area contributed by atoms with Crippen LogP contribution in [0.4, 0.5) is 0 Å². The van der Waals surface area contributed by atoms with Crippen LogP contribution in [0.15, 0.2) is 48.6 Å². The number of phenolic OH excluding ortho intramolecular Hbond substituents is 1. The second-order valence-corrected chi connectivity index (χ2v) is 5.93. The molecule has 0 bridgehead atoms. The number of phenols is 1. The van der Waals surface area contributed by atoms with Crippen molar-refractivity contribution in [3.05, 3.63) is 70.8 Å². The largest absolute Gasteiger partial charge is 0.508 e. The Morgan fingerprint density at radius 2 is 1.91 bits per heavy atom. The van der Waals surface area contributed by atoms with Crippen LogP contribution >= 0.6 is 0 Å². The summed E-state index contributed by atoms with van der Waals surface area (Å²) in [6, 6.07) is 12.0. The molecule has 2 nitrogen and oxygen atoms in total. The van der Waals surface area contributed by atoms with E-state index in [1.807, 2.05) is 31.2 Å². The Morgan fingerprint density at radius 1 is 1.17 bits per heavy atom. The summed E-state index contributed by atoms with van der Waals surface area (Å²) in [6.07, 6.45) is 5.59. The molecule has 0 aromatic heterocycles. The van der Waals surface area contributed by atoms with Crippen LogP contribution < -0.4 is 4.74 Å². The highest BCUT2D eigenvalue weighted by molar-refractivity contribution is 5.72. The molecule has 0 aliphatic heterocycles. The lowest BCUT2D eigenvalue weighted by Crippen LogP contribution is -1.95. The minimum absolute atomic E-state index is 0.273. The van der Waals surface area contributed by atoms with Gasteiger partial charge in [0.2, 0.25) is 0 Å². The van der Waals surface area contributed by atoms with E-state index < -0.39 is 0 Å². The van der Waals surface area contributed by atoms with Crippen molar-refractivity contribution in [2.75, 3.05) is 7.11 Å². The van der Waals surface area contributed by atoms with Crippen molar-refractivity contribution in [1.29, 1.82) is 0 Å². The molecule has 0 fully saturated rings. The summed E-state index contributed by atoms with van der Waals surface area (Å²) in [5.41, 5.74) is 5.20. The predicted octanol–water partition coefficient (Wildman–Crippen LogP) is 5.39. The molecule has 2 aromatic rings. The van der Waals surface area contributed by atoms with E-state index in [0.717, 1.165) is 40.9 Å². The Labute approximate surface area is 138 Å². The van der Waals surface area contributed by atoms with E-state index in [4.69, 9.17) is 4.74 Å². The van der Waals surface area contributed by atoms with Crippen molar-refractivity contribution in [2.45, 2.75) is 26.7 Å². The van der Waals surface area contributed by atoms with Crippen LogP contribution in [0.2, 0.25) is 0 Å². The van der Waals surface area contributed by atoms with E-state index in [2.05, 4.69) is 31.7 Å². The summed E-state index contributed by atoms with van der Waals surface area (Å²) in [5, 5.41) is 10.3. The fourth-order valence-electron chi connectivity index (χ4n) is 2.49. The first-order valence-electron chi connectivity index (χ1n) is 7.78. The van der Waals surface area contributed by atoms with Crippen LogP contribution in [-0.4, -0.2) is 12.2 Å². The van der Waals surface area contributed by atoms with Gasteiger partial charge in [-0.05, 0) is 49.9 Å². The number of allylic oxidation sites excluding steroid dienone is 1. The maximum atomic E-state index is 10.3. The normalized spacial score (nSPS) is 10.9.